The standard InChI is InChI=1S/C12H21NO4S/c1-9-7-13(8-11(9)12(14)15)18(16,17)6-5-10-3-2-4-10/h9-11H,2-8H2,1H3,(H,14,15)/t9-,11-/m1/s1. The lowest BCUT2D eigenvalue weighted by Crippen LogP contribution is -2.33. The molecule has 0 unspecified atom stereocenters. The zero-order valence-corrected chi connectivity index (χ0v) is 11.5. The Labute approximate surface area is 108 Å². The van der Waals surface area contributed by atoms with Crippen LogP contribution in [0.3, 0.4) is 0 Å². The van der Waals surface area contributed by atoms with Crippen molar-refractivity contribution in [2.24, 2.45) is 17.8 Å². The van der Waals surface area contributed by atoms with Crippen molar-refractivity contribution in [3.63, 3.8) is 0 Å². The van der Waals surface area contributed by atoms with Gasteiger partial charge in [0.05, 0.1) is 11.7 Å². The SMILES string of the molecule is C[C@@H]1CN(S(=O)(=O)CCC2CCC2)C[C@H]1C(=O)O. The molecule has 0 radical (unpaired) electrons. The molecule has 104 valence electrons. The molecule has 2 atom stereocenters. The average molecular weight is 275 g/mol. The van der Waals surface area contributed by atoms with Gasteiger partial charge in [-0.05, 0) is 18.3 Å². The minimum Gasteiger partial charge on any atom is -0.481 e. The van der Waals surface area contributed by atoms with Gasteiger partial charge in [-0.25, -0.2) is 12.7 Å². The van der Waals surface area contributed by atoms with E-state index in [4.69, 9.17) is 5.11 Å². The van der Waals surface area contributed by atoms with Gasteiger partial charge in [-0.1, -0.05) is 26.2 Å². The Morgan fingerprint density at radius 2 is 2.00 bits per heavy atom. The molecule has 0 spiro atoms. The fourth-order valence-corrected chi connectivity index (χ4v) is 4.44. The normalized spacial score (nSPS) is 30.3. The van der Waals surface area contributed by atoms with Gasteiger partial charge in [-0.2, -0.15) is 0 Å². The minimum absolute atomic E-state index is 0.0963. The number of carbonyl (C=O) groups is 1. The zero-order chi connectivity index (χ0) is 13.3. The summed E-state index contributed by atoms with van der Waals surface area (Å²) < 4.78 is 25.6. The Balaban J connectivity index is 1.91. The van der Waals surface area contributed by atoms with Crippen LogP contribution in [-0.4, -0.2) is 42.6 Å². The summed E-state index contributed by atoms with van der Waals surface area (Å²) in [6, 6.07) is 0. The third-order valence-electron chi connectivity index (χ3n) is 4.30. The van der Waals surface area contributed by atoms with E-state index in [-0.39, 0.29) is 18.2 Å². The Morgan fingerprint density at radius 3 is 2.44 bits per heavy atom. The van der Waals surface area contributed by atoms with Crippen LogP contribution in [0.4, 0.5) is 0 Å². The summed E-state index contributed by atoms with van der Waals surface area (Å²) in [6.45, 7) is 2.30. The smallest absolute Gasteiger partial charge is 0.308 e. The number of carboxylic acids is 1. The van der Waals surface area contributed by atoms with Crippen molar-refractivity contribution in [1.82, 2.24) is 4.31 Å². The van der Waals surface area contributed by atoms with E-state index < -0.39 is 21.9 Å². The van der Waals surface area contributed by atoms with Gasteiger partial charge in [0, 0.05) is 13.1 Å². The monoisotopic (exact) mass is 275 g/mol. The number of aliphatic carboxylic acids is 1. The van der Waals surface area contributed by atoms with Gasteiger partial charge < -0.3 is 5.11 Å². The van der Waals surface area contributed by atoms with Crippen LogP contribution >= 0.6 is 0 Å². The predicted molar refractivity (Wildman–Crippen MR) is 67.6 cm³/mol. The van der Waals surface area contributed by atoms with Crippen LogP contribution in [0.1, 0.15) is 32.6 Å². The van der Waals surface area contributed by atoms with Crippen LogP contribution in [0.25, 0.3) is 0 Å². The van der Waals surface area contributed by atoms with Crippen molar-refractivity contribution in [1.29, 1.82) is 0 Å². The summed E-state index contributed by atoms with van der Waals surface area (Å²) in [7, 11) is -3.26. The molecule has 5 nitrogen and oxygen atoms in total. The molecule has 0 amide bonds. The van der Waals surface area contributed by atoms with E-state index >= 15 is 0 Å². The molecule has 0 aromatic heterocycles. The molecule has 0 bridgehead atoms. The molecule has 0 aromatic carbocycles. The molecular weight excluding hydrogens is 254 g/mol. The molecule has 1 heterocycles. The van der Waals surface area contributed by atoms with E-state index in [0.29, 0.717) is 12.5 Å². The molecule has 6 heteroatoms. The molecule has 1 saturated heterocycles. The highest BCUT2D eigenvalue weighted by molar-refractivity contribution is 7.89. The van der Waals surface area contributed by atoms with E-state index in [9.17, 15) is 13.2 Å². The van der Waals surface area contributed by atoms with Crippen LogP contribution in [0, 0.1) is 17.8 Å². The van der Waals surface area contributed by atoms with E-state index in [2.05, 4.69) is 0 Å². The highest BCUT2D eigenvalue weighted by atomic mass is 32.2. The highest BCUT2D eigenvalue weighted by Crippen LogP contribution is 2.31. The van der Waals surface area contributed by atoms with Crippen molar-refractivity contribution >= 4 is 16.0 Å². The van der Waals surface area contributed by atoms with Gasteiger partial charge in [-0.3, -0.25) is 4.79 Å². The van der Waals surface area contributed by atoms with E-state index in [1.165, 1.54) is 10.7 Å². The fraction of sp³-hybridized carbons (Fsp3) is 0.917. The van der Waals surface area contributed by atoms with Crippen LogP contribution < -0.4 is 0 Å². The minimum atomic E-state index is -3.26. The van der Waals surface area contributed by atoms with Gasteiger partial charge in [0.1, 0.15) is 0 Å². The van der Waals surface area contributed by atoms with E-state index in [1.807, 2.05) is 0 Å². The lowest BCUT2D eigenvalue weighted by molar-refractivity contribution is -0.142. The fourth-order valence-electron chi connectivity index (χ4n) is 2.70. The van der Waals surface area contributed by atoms with Gasteiger partial charge in [0.15, 0.2) is 0 Å². The highest BCUT2D eigenvalue weighted by Gasteiger charge is 2.40. The van der Waals surface area contributed by atoms with Crippen molar-refractivity contribution in [2.45, 2.75) is 32.6 Å². The number of sulfonamides is 1. The zero-order valence-electron chi connectivity index (χ0n) is 10.7. The summed E-state index contributed by atoms with van der Waals surface area (Å²) in [5.74, 6) is -0.796. The summed E-state index contributed by atoms with van der Waals surface area (Å²) in [4.78, 5) is 11.0. The quantitative estimate of drug-likeness (QED) is 0.817. The molecule has 2 aliphatic rings. The molecule has 0 aromatic rings. The first kappa shape index (κ1) is 13.8. The topological polar surface area (TPSA) is 74.7 Å². The van der Waals surface area contributed by atoms with Gasteiger partial charge in [0.25, 0.3) is 0 Å². The molecule has 18 heavy (non-hydrogen) atoms. The van der Waals surface area contributed by atoms with Crippen molar-refractivity contribution in [3.05, 3.63) is 0 Å². The molecule has 1 N–H and O–H groups in total. The molecule has 1 aliphatic carbocycles. The maximum Gasteiger partial charge on any atom is 0.308 e. The maximum absolute atomic E-state index is 12.1. The third-order valence-corrected chi connectivity index (χ3v) is 6.13. The second kappa shape index (κ2) is 5.17. The second-order valence-electron chi connectivity index (χ2n) is 5.64. The Hall–Kier alpha value is -0.620. The summed E-state index contributed by atoms with van der Waals surface area (Å²) in [5.41, 5.74) is 0. The molecule has 1 saturated carbocycles. The predicted octanol–water partition coefficient (Wildman–Crippen LogP) is 1.16. The Bertz CT molecular complexity index is 416. The lowest BCUT2D eigenvalue weighted by atomic mass is 9.84. The van der Waals surface area contributed by atoms with Crippen molar-refractivity contribution in [3.8, 4) is 0 Å². The number of carboxylic acid groups (broad SMARTS) is 1. The van der Waals surface area contributed by atoms with Crippen LogP contribution in [-0.2, 0) is 14.8 Å². The number of nitrogens with zero attached hydrogens (tertiary/aromatic N) is 1. The van der Waals surface area contributed by atoms with Crippen LogP contribution in [0.5, 0.6) is 0 Å². The second-order valence-corrected chi connectivity index (χ2v) is 7.73. The van der Waals surface area contributed by atoms with Gasteiger partial charge >= 0.3 is 5.97 Å². The van der Waals surface area contributed by atoms with Crippen molar-refractivity contribution < 1.29 is 18.3 Å². The van der Waals surface area contributed by atoms with Crippen LogP contribution in [0.15, 0.2) is 0 Å². The molecule has 2 rings (SSSR count). The lowest BCUT2D eigenvalue weighted by Gasteiger charge is -2.26. The van der Waals surface area contributed by atoms with E-state index in [0.717, 1.165) is 19.3 Å². The van der Waals surface area contributed by atoms with Crippen molar-refractivity contribution in [2.75, 3.05) is 18.8 Å². The summed E-state index contributed by atoms with van der Waals surface area (Å²) in [5, 5.41) is 9.01. The average Bonchev–Trinajstić information content (AvgIpc) is 2.58. The summed E-state index contributed by atoms with van der Waals surface area (Å²) >= 11 is 0. The van der Waals surface area contributed by atoms with Gasteiger partial charge in [0.2, 0.25) is 10.0 Å². The first-order valence-electron chi connectivity index (χ1n) is 6.61. The number of rotatable bonds is 5. The summed E-state index contributed by atoms with van der Waals surface area (Å²) in [6.07, 6.45) is 4.23. The number of hydrogen-bond acceptors (Lipinski definition) is 3. The largest absolute Gasteiger partial charge is 0.481 e. The third kappa shape index (κ3) is 2.85. The van der Waals surface area contributed by atoms with Crippen LogP contribution in [0.2, 0.25) is 0 Å². The first-order valence-corrected chi connectivity index (χ1v) is 8.21. The molecular formula is C12H21NO4S. The number of hydrogen-bond donors (Lipinski definition) is 1. The Kier molecular flexibility index (Phi) is 3.96. The molecule has 1 aliphatic heterocycles. The first-order chi connectivity index (χ1) is 8.40. The maximum atomic E-state index is 12.1. The molecule has 2 fully saturated rings. The van der Waals surface area contributed by atoms with Gasteiger partial charge in [-0.15, -0.1) is 0 Å². The van der Waals surface area contributed by atoms with E-state index in [1.54, 1.807) is 6.92 Å². The Morgan fingerprint density at radius 1 is 1.33 bits per heavy atom.